The minimum atomic E-state index is -0.514. The first-order valence-corrected chi connectivity index (χ1v) is 10.2. The smallest absolute Gasteiger partial charge is 0.408 e. The van der Waals surface area contributed by atoms with Gasteiger partial charge in [-0.15, -0.1) is 0 Å². The number of carbonyl (C=O) groups is 1. The van der Waals surface area contributed by atoms with Gasteiger partial charge in [0.15, 0.2) is 5.96 Å². The van der Waals surface area contributed by atoms with E-state index in [1.807, 2.05) is 27.7 Å². The Morgan fingerprint density at radius 3 is 2.19 bits per heavy atom. The second kappa shape index (κ2) is 13.6. The van der Waals surface area contributed by atoms with Crippen LogP contribution in [0.4, 0.5) is 4.79 Å². The molecule has 0 spiro atoms. The largest absolute Gasteiger partial charge is 0.444 e. The van der Waals surface area contributed by atoms with E-state index >= 15 is 0 Å². The number of alkyl carbamates (subject to hydrolysis) is 1. The third kappa shape index (κ3) is 12.5. The summed E-state index contributed by atoms with van der Waals surface area (Å²) >= 11 is 0. The number of amides is 1. The molecule has 0 aromatic heterocycles. The van der Waals surface area contributed by atoms with Gasteiger partial charge in [-0.1, -0.05) is 13.8 Å². The molecule has 0 aromatic carbocycles. The number of aliphatic imine (C=N–C) groups is 1. The molecular formula is C20H42N4O3. The van der Waals surface area contributed by atoms with Crippen LogP contribution in [0.15, 0.2) is 4.99 Å². The molecule has 0 aliphatic rings. The lowest BCUT2D eigenvalue weighted by Crippen LogP contribution is -2.52. The SMILES string of the molecule is CCNC(=NCC(CC)(CC)NC(=O)OC(C)(C)C)NCCCCCOC. The molecule has 0 radical (unpaired) electrons. The Hall–Kier alpha value is -1.50. The Kier molecular flexibility index (Phi) is 12.9. The summed E-state index contributed by atoms with van der Waals surface area (Å²) < 4.78 is 10.5. The van der Waals surface area contributed by atoms with Gasteiger partial charge in [-0.05, 0) is 59.8 Å². The predicted molar refractivity (Wildman–Crippen MR) is 112 cm³/mol. The summed E-state index contributed by atoms with van der Waals surface area (Å²) in [5.41, 5.74) is -0.928. The van der Waals surface area contributed by atoms with Crippen LogP contribution < -0.4 is 16.0 Å². The Morgan fingerprint density at radius 1 is 1.00 bits per heavy atom. The van der Waals surface area contributed by atoms with Gasteiger partial charge in [0.05, 0.1) is 12.1 Å². The number of rotatable bonds is 12. The van der Waals surface area contributed by atoms with Crippen LogP contribution in [-0.2, 0) is 9.47 Å². The van der Waals surface area contributed by atoms with Crippen LogP contribution in [0.5, 0.6) is 0 Å². The van der Waals surface area contributed by atoms with Crippen LogP contribution >= 0.6 is 0 Å². The first-order valence-electron chi connectivity index (χ1n) is 10.2. The fraction of sp³-hybridized carbons (Fsp3) is 0.900. The molecule has 0 aromatic rings. The van der Waals surface area contributed by atoms with Gasteiger partial charge in [0.2, 0.25) is 0 Å². The molecule has 160 valence electrons. The van der Waals surface area contributed by atoms with E-state index in [1.165, 1.54) is 0 Å². The lowest BCUT2D eigenvalue weighted by Gasteiger charge is -2.32. The number of guanidine groups is 1. The highest BCUT2D eigenvalue weighted by Gasteiger charge is 2.30. The molecule has 7 nitrogen and oxygen atoms in total. The predicted octanol–water partition coefficient (Wildman–Crippen LogP) is 3.44. The quantitative estimate of drug-likeness (QED) is 0.272. The molecular weight excluding hydrogens is 344 g/mol. The van der Waals surface area contributed by atoms with E-state index in [-0.39, 0.29) is 0 Å². The second-order valence-electron chi connectivity index (χ2n) is 7.79. The van der Waals surface area contributed by atoms with Crippen molar-refractivity contribution in [3.8, 4) is 0 Å². The van der Waals surface area contributed by atoms with Crippen LogP contribution in [-0.4, -0.2) is 56.5 Å². The van der Waals surface area contributed by atoms with Crippen molar-refractivity contribution in [3.05, 3.63) is 0 Å². The normalized spacial score (nSPS) is 12.6. The molecule has 0 saturated heterocycles. The topological polar surface area (TPSA) is 84.0 Å². The van der Waals surface area contributed by atoms with Gasteiger partial charge in [-0.25, -0.2) is 4.79 Å². The van der Waals surface area contributed by atoms with Crippen LogP contribution in [0.25, 0.3) is 0 Å². The molecule has 0 bridgehead atoms. The number of hydrogen-bond acceptors (Lipinski definition) is 4. The van der Waals surface area contributed by atoms with Gasteiger partial charge in [0.1, 0.15) is 5.60 Å². The summed E-state index contributed by atoms with van der Waals surface area (Å²) in [6, 6.07) is 0. The molecule has 0 aliphatic heterocycles. The third-order valence-corrected chi connectivity index (χ3v) is 4.32. The molecule has 3 N–H and O–H groups in total. The van der Waals surface area contributed by atoms with Crippen molar-refractivity contribution in [2.45, 2.75) is 84.8 Å². The van der Waals surface area contributed by atoms with E-state index in [4.69, 9.17) is 14.5 Å². The Labute approximate surface area is 166 Å². The van der Waals surface area contributed by atoms with Crippen molar-refractivity contribution in [2.24, 2.45) is 4.99 Å². The van der Waals surface area contributed by atoms with Gasteiger partial charge < -0.3 is 25.4 Å². The summed E-state index contributed by atoms with van der Waals surface area (Å²) in [5.74, 6) is 0.779. The summed E-state index contributed by atoms with van der Waals surface area (Å²) in [4.78, 5) is 16.9. The van der Waals surface area contributed by atoms with E-state index in [0.29, 0.717) is 6.54 Å². The standard InChI is InChI=1S/C20H42N4O3/c1-8-20(9-2,24-18(25)27-19(4,5)6)16-23-17(21-10-3)22-14-12-11-13-15-26-7/h8-16H2,1-7H3,(H,24,25)(H2,21,22,23). The maximum absolute atomic E-state index is 12.2. The highest BCUT2D eigenvalue weighted by molar-refractivity contribution is 5.79. The van der Waals surface area contributed by atoms with E-state index < -0.39 is 17.2 Å². The van der Waals surface area contributed by atoms with Gasteiger partial charge >= 0.3 is 6.09 Å². The molecule has 0 unspecified atom stereocenters. The van der Waals surface area contributed by atoms with E-state index in [9.17, 15) is 4.79 Å². The average Bonchev–Trinajstić information content (AvgIpc) is 2.59. The molecule has 27 heavy (non-hydrogen) atoms. The van der Waals surface area contributed by atoms with Crippen molar-refractivity contribution >= 4 is 12.1 Å². The molecule has 0 fully saturated rings. The van der Waals surface area contributed by atoms with Gasteiger partial charge in [-0.3, -0.25) is 4.99 Å². The van der Waals surface area contributed by atoms with Gasteiger partial charge in [0, 0.05) is 26.8 Å². The van der Waals surface area contributed by atoms with Gasteiger partial charge in [-0.2, -0.15) is 0 Å². The zero-order valence-corrected chi connectivity index (χ0v) is 18.5. The molecule has 0 saturated carbocycles. The lowest BCUT2D eigenvalue weighted by molar-refractivity contribution is 0.0452. The maximum atomic E-state index is 12.2. The van der Waals surface area contributed by atoms with E-state index in [0.717, 1.165) is 57.8 Å². The molecule has 7 heteroatoms. The van der Waals surface area contributed by atoms with Crippen molar-refractivity contribution < 1.29 is 14.3 Å². The minimum absolute atomic E-state index is 0.391. The first kappa shape index (κ1) is 25.5. The minimum Gasteiger partial charge on any atom is -0.444 e. The van der Waals surface area contributed by atoms with Crippen molar-refractivity contribution in [1.29, 1.82) is 0 Å². The monoisotopic (exact) mass is 386 g/mol. The number of methoxy groups -OCH3 is 1. The summed E-state index contributed by atoms with van der Waals surface area (Å²) in [6.07, 6.45) is 4.42. The Bertz CT molecular complexity index is 429. The van der Waals surface area contributed by atoms with Crippen LogP contribution in [0.3, 0.4) is 0 Å². The maximum Gasteiger partial charge on any atom is 0.408 e. The van der Waals surface area contributed by atoms with Crippen LogP contribution in [0, 0.1) is 0 Å². The fourth-order valence-electron chi connectivity index (χ4n) is 2.54. The molecule has 0 atom stereocenters. The fourth-order valence-corrected chi connectivity index (χ4v) is 2.54. The molecule has 0 heterocycles. The van der Waals surface area contributed by atoms with Crippen molar-refractivity contribution in [2.75, 3.05) is 33.4 Å². The Balaban J connectivity index is 4.76. The van der Waals surface area contributed by atoms with Crippen LogP contribution in [0.1, 0.15) is 73.6 Å². The van der Waals surface area contributed by atoms with E-state index in [2.05, 4.69) is 29.8 Å². The summed E-state index contributed by atoms with van der Waals surface area (Å²) in [6.45, 7) is 14.7. The number of unbranched alkanes of at least 4 members (excludes halogenated alkanes) is 2. The highest BCUT2D eigenvalue weighted by atomic mass is 16.6. The van der Waals surface area contributed by atoms with Crippen LogP contribution in [0.2, 0.25) is 0 Å². The average molecular weight is 387 g/mol. The van der Waals surface area contributed by atoms with Crippen molar-refractivity contribution in [1.82, 2.24) is 16.0 Å². The van der Waals surface area contributed by atoms with Crippen molar-refractivity contribution in [3.63, 3.8) is 0 Å². The second-order valence-corrected chi connectivity index (χ2v) is 7.79. The lowest BCUT2D eigenvalue weighted by atomic mass is 9.93. The Morgan fingerprint density at radius 2 is 1.67 bits per heavy atom. The molecule has 0 aliphatic carbocycles. The highest BCUT2D eigenvalue weighted by Crippen LogP contribution is 2.17. The number of carbonyl (C=O) groups excluding carboxylic acids is 1. The number of nitrogens with zero attached hydrogens (tertiary/aromatic N) is 1. The zero-order valence-electron chi connectivity index (χ0n) is 18.5. The number of hydrogen-bond donors (Lipinski definition) is 3. The number of nitrogens with one attached hydrogen (secondary N) is 3. The zero-order chi connectivity index (χ0) is 20.8. The third-order valence-electron chi connectivity index (χ3n) is 4.32. The molecule has 1 amide bonds. The summed E-state index contributed by atoms with van der Waals surface area (Å²) in [7, 11) is 1.73. The molecule has 0 rings (SSSR count). The van der Waals surface area contributed by atoms with Gasteiger partial charge in [0.25, 0.3) is 0 Å². The number of ether oxygens (including phenoxy) is 2. The summed E-state index contributed by atoms with van der Waals surface area (Å²) in [5, 5.41) is 9.67. The van der Waals surface area contributed by atoms with E-state index in [1.54, 1.807) is 7.11 Å². The first-order chi connectivity index (χ1) is 12.7.